The Kier molecular flexibility index (Phi) is 4.25. The minimum atomic E-state index is -0.637. The van der Waals surface area contributed by atoms with E-state index >= 15 is 0 Å². The molecule has 0 spiro atoms. The fraction of sp³-hybridized carbons (Fsp3) is 0.263. The first-order valence-electron chi connectivity index (χ1n) is 7.89. The highest BCUT2D eigenvalue weighted by molar-refractivity contribution is 6.07. The van der Waals surface area contributed by atoms with Gasteiger partial charge in [-0.3, -0.25) is 14.5 Å². The molecule has 0 saturated carbocycles. The molecule has 0 aromatic heterocycles. The molecule has 0 fully saturated rings. The van der Waals surface area contributed by atoms with E-state index in [1.165, 1.54) is 4.90 Å². The number of nitrogens with zero attached hydrogens (tertiary/aromatic N) is 1. The van der Waals surface area contributed by atoms with Crippen molar-refractivity contribution in [1.82, 2.24) is 0 Å². The highest BCUT2D eigenvalue weighted by Gasteiger charge is 2.33. The van der Waals surface area contributed by atoms with Crippen LogP contribution < -0.4 is 15.0 Å². The molecule has 1 heterocycles. The maximum absolute atomic E-state index is 12.7. The summed E-state index contributed by atoms with van der Waals surface area (Å²) in [7, 11) is 0. The maximum atomic E-state index is 12.7. The van der Waals surface area contributed by atoms with Crippen LogP contribution in [0.2, 0.25) is 0 Å². The molecular weight excluding hydrogens is 304 g/mol. The molecule has 1 aliphatic rings. The van der Waals surface area contributed by atoms with Crippen LogP contribution >= 0.6 is 0 Å². The lowest BCUT2D eigenvalue weighted by molar-refractivity contribution is -0.125. The Balaban J connectivity index is 1.88. The molecule has 0 aliphatic carbocycles. The van der Waals surface area contributed by atoms with Crippen molar-refractivity contribution in [3.8, 4) is 5.75 Å². The number of carbonyl (C=O) groups excluding carboxylic acids is 2. The number of fused-ring (bicyclic) bond motifs is 1. The fourth-order valence-corrected chi connectivity index (χ4v) is 2.77. The predicted octanol–water partition coefficient (Wildman–Crippen LogP) is 3.06. The molecule has 1 unspecified atom stereocenters. The SMILES string of the molecule is Cc1ccc2c(c1)N(C(C)C(=O)Nc1ccccc1C)C(=O)CO2. The largest absolute Gasteiger partial charge is 0.482 e. The first-order chi connectivity index (χ1) is 11.5. The lowest BCUT2D eigenvalue weighted by Gasteiger charge is -2.33. The Bertz CT molecular complexity index is 801. The van der Waals surface area contributed by atoms with Gasteiger partial charge in [-0.25, -0.2) is 0 Å². The molecule has 24 heavy (non-hydrogen) atoms. The van der Waals surface area contributed by atoms with E-state index in [4.69, 9.17) is 4.74 Å². The van der Waals surface area contributed by atoms with Gasteiger partial charge in [0.05, 0.1) is 5.69 Å². The summed E-state index contributed by atoms with van der Waals surface area (Å²) in [5.41, 5.74) is 3.37. The molecule has 5 heteroatoms. The van der Waals surface area contributed by atoms with Crippen LogP contribution in [0.4, 0.5) is 11.4 Å². The van der Waals surface area contributed by atoms with Crippen molar-refractivity contribution in [3.63, 3.8) is 0 Å². The van der Waals surface area contributed by atoms with Crippen molar-refractivity contribution in [2.24, 2.45) is 0 Å². The van der Waals surface area contributed by atoms with Gasteiger partial charge >= 0.3 is 0 Å². The van der Waals surface area contributed by atoms with Crippen molar-refractivity contribution in [2.75, 3.05) is 16.8 Å². The van der Waals surface area contributed by atoms with E-state index in [1.54, 1.807) is 6.92 Å². The number of amides is 2. The first kappa shape index (κ1) is 16.1. The van der Waals surface area contributed by atoms with Gasteiger partial charge in [0.2, 0.25) is 5.91 Å². The smallest absolute Gasteiger partial charge is 0.265 e. The minimum Gasteiger partial charge on any atom is -0.482 e. The maximum Gasteiger partial charge on any atom is 0.265 e. The zero-order valence-electron chi connectivity index (χ0n) is 14.0. The highest BCUT2D eigenvalue weighted by Crippen LogP contribution is 2.34. The van der Waals surface area contributed by atoms with Crippen molar-refractivity contribution < 1.29 is 14.3 Å². The Hall–Kier alpha value is -2.82. The van der Waals surface area contributed by atoms with Crippen LogP contribution in [-0.4, -0.2) is 24.5 Å². The number of rotatable bonds is 3. The first-order valence-corrected chi connectivity index (χ1v) is 7.89. The molecular formula is C19H20N2O3. The third kappa shape index (κ3) is 2.97. The van der Waals surface area contributed by atoms with Crippen molar-refractivity contribution in [3.05, 3.63) is 53.6 Å². The Morgan fingerprint density at radius 3 is 2.71 bits per heavy atom. The van der Waals surface area contributed by atoms with Crippen molar-refractivity contribution >= 4 is 23.2 Å². The van der Waals surface area contributed by atoms with Gasteiger partial charge in [0.15, 0.2) is 6.61 Å². The average Bonchev–Trinajstić information content (AvgIpc) is 2.56. The van der Waals surface area contributed by atoms with Crippen LogP contribution in [0.15, 0.2) is 42.5 Å². The van der Waals surface area contributed by atoms with E-state index in [9.17, 15) is 9.59 Å². The fourth-order valence-electron chi connectivity index (χ4n) is 2.77. The second-order valence-electron chi connectivity index (χ2n) is 6.00. The van der Waals surface area contributed by atoms with Gasteiger partial charge in [-0.05, 0) is 50.1 Å². The number of carbonyl (C=O) groups is 2. The topological polar surface area (TPSA) is 58.6 Å². The van der Waals surface area contributed by atoms with Crippen LogP contribution in [0.25, 0.3) is 0 Å². The minimum absolute atomic E-state index is 0.0575. The number of para-hydroxylation sites is 1. The quantitative estimate of drug-likeness (QED) is 0.944. The van der Waals surface area contributed by atoms with Gasteiger partial charge in [-0.15, -0.1) is 0 Å². The molecule has 5 nitrogen and oxygen atoms in total. The molecule has 1 N–H and O–H groups in total. The second kappa shape index (κ2) is 6.35. The summed E-state index contributed by atoms with van der Waals surface area (Å²) in [6.45, 7) is 5.54. The van der Waals surface area contributed by atoms with Crippen LogP contribution in [0, 0.1) is 13.8 Å². The summed E-state index contributed by atoms with van der Waals surface area (Å²) in [6, 6.07) is 12.5. The van der Waals surface area contributed by atoms with Crippen molar-refractivity contribution in [2.45, 2.75) is 26.8 Å². The molecule has 124 valence electrons. The van der Waals surface area contributed by atoms with Gasteiger partial charge in [0, 0.05) is 5.69 Å². The zero-order valence-corrected chi connectivity index (χ0v) is 14.0. The van der Waals surface area contributed by atoms with Crippen molar-refractivity contribution in [1.29, 1.82) is 0 Å². The summed E-state index contributed by atoms with van der Waals surface area (Å²) in [4.78, 5) is 26.5. The third-order valence-electron chi connectivity index (χ3n) is 4.16. The Morgan fingerprint density at radius 2 is 1.96 bits per heavy atom. The number of nitrogens with one attached hydrogen (secondary N) is 1. The Labute approximate surface area is 141 Å². The highest BCUT2D eigenvalue weighted by atomic mass is 16.5. The van der Waals surface area contributed by atoms with Crippen LogP contribution in [0.5, 0.6) is 5.75 Å². The van der Waals surface area contributed by atoms with Crippen LogP contribution in [0.3, 0.4) is 0 Å². The normalized spacial score (nSPS) is 14.6. The standard InChI is InChI=1S/C19H20N2O3/c1-12-8-9-17-16(10-12)21(18(22)11-24-17)14(3)19(23)20-15-7-5-4-6-13(15)2/h4-10,14H,11H2,1-3H3,(H,20,23). The number of anilines is 2. The van der Waals surface area contributed by atoms with E-state index < -0.39 is 6.04 Å². The molecule has 2 aromatic rings. The molecule has 3 rings (SSSR count). The molecule has 0 saturated heterocycles. The number of benzene rings is 2. The lowest BCUT2D eigenvalue weighted by atomic mass is 10.1. The predicted molar refractivity (Wildman–Crippen MR) is 93.4 cm³/mol. The number of ether oxygens (including phenoxy) is 1. The number of hydrogen-bond acceptors (Lipinski definition) is 3. The molecule has 0 radical (unpaired) electrons. The summed E-state index contributed by atoms with van der Waals surface area (Å²) in [5.74, 6) is 0.170. The van der Waals surface area contributed by atoms with Gasteiger partial charge < -0.3 is 10.1 Å². The van der Waals surface area contributed by atoms with Gasteiger partial charge in [-0.1, -0.05) is 24.3 Å². The number of hydrogen-bond donors (Lipinski definition) is 1. The average molecular weight is 324 g/mol. The van der Waals surface area contributed by atoms with Gasteiger partial charge in [0.1, 0.15) is 11.8 Å². The van der Waals surface area contributed by atoms with Gasteiger partial charge in [0.25, 0.3) is 5.91 Å². The number of aryl methyl sites for hydroxylation is 2. The van der Waals surface area contributed by atoms with E-state index in [0.717, 1.165) is 16.8 Å². The summed E-state index contributed by atoms with van der Waals surface area (Å²) in [6.07, 6.45) is 0. The molecule has 2 aromatic carbocycles. The van der Waals surface area contributed by atoms with E-state index in [2.05, 4.69) is 5.32 Å². The molecule has 2 amide bonds. The second-order valence-corrected chi connectivity index (χ2v) is 6.00. The van der Waals surface area contributed by atoms with E-state index in [1.807, 2.05) is 56.3 Å². The summed E-state index contributed by atoms with van der Waals surface area (Å²) in [5, 5.41) is 2.90. The van der Waals surface area contributed by atoms with E-state index in [-0.39, 0.29) is 18.4 Å². The van der Waals surface area contributed by atoms with Crippen LogP contribution in [0.1, 0.15) is 18.1 Å². The monoisotopic (exact) mass is 324 g/mol. The summed E-state index contributed by atoms with van der Waals surface area (Å²) >= 11 is 0. The molecule has 1 atom stereocenters. The molecule has 1 aliphatic heterocycles. The van der Waals surface area contributed by atoms with Crippen LogP contribution in [-0.2, 0) is 9.59 Å². The summed E-state index contributed by atoms with van der Waals surface area (Å²) < 4.78 is 5.47. The lowest BCUT2D eigenvalue weighted by Crippen LogP contribution is -2.49. The Morgan fingerprint density at radius 1 is 1.21 bits per heavy atom. The van der Waals surface area contributed by atoms with Gasteiger partial charge in [-0.2, -0.15) is 0 Å². The zero-order chi connectivity index (χ0) is 17.3. The third-order valence-corrected chi connectivity index (χ3v) is 4.16. The molecule has 0 bridgehead atoms. The van der Waals surface area contributed by atoms with E-state index in [0.29, 0.717) is 11.4 Å².